The van der Waals surface area contributed by atoms with E-state index in [0.717, 1.165) is 19.4 Å². The normalized spacial score (nSPS) is 23.5. The first-order chi connectivity index (χ1) is 9.65. The topological polar surface area (TPSA) is 33.2 Å². The van der Waals surface area contributed by atoms with Crippen LogP contribution in [0.25, 0.3) is 0 Å². The van der Waals surface area contributed by atoms with E-state index >= 15 is 0 Å². The number of pyridine rings is 1. The number of aromatic nitrogens is 1. The van der Waals surface area contributed by atoms with Crippen molar-refractivity contribution in [1.29, 1.82) is 0 Å². The molecule has 1 unspecified atom stereocenters. The molecule has 1 saturated carbocycles. The fourth-order valence-corrected chi connectivity index (χ4v) is 4.09. The fraction of sp³-hybridized carbons (Fsp3) is 0.600. The zero-order valence-electron chi connectivity index (χ0n) is 11.3. The van der Waals surface area contributed by atoms with Crippen molar-refractivity contribution in [2.75, 3.05) is 6.54 Å². The smallest absolute Gasteiger partial charge is 0.254 e. The SMILES string of the molecule is O=C(c1cc(Cl)nc(Cl)c1)N1CCCC1C1CCCC1. The van der Waals surface area contributed by atoms with Crippen LogP contribution in [0.5, 0.6) is 0 Å². The number of rotatable bonds is 2. The van der Waals surface area contributed by atoms with Crippen LogP contribution in [0.2, 0.25) is 10.3 Å². The Hall–Kier alpha value is -0.800. The lowest BCUT2D eigenvalue weighted by Gasteiger charge is -2.29. The Labute approximate surface area is 129 Å². The van der Waals surface area contributed by atoms with E-state index in [1.165, 1.54) is 25.7 Å². The van der Waals surface area contributed by atoms with E-state index in [1.807, 2.05) is 4.90 Å². The van der Waals surface area contributed by atoms with Gasteiger partial charge in [-0.15, -0.1) is 0 Å². The Morgan fingerprint density at radius 2 is 1.75 bits per heavy atom. The molecule has 5 heteroatoms. The van der Waals surface area contributed by atoms with Crippen molar-refractivity contribution in [3.05, 3.63) is 28.0 Å². The molecule has 0 N–H and O–H groups in total. The van der Waals surface area contributed by atoms with Crippen LogP contribution in [-0.2, 0) is 0 Å². The van der Waals surface area contributed by atoms with Crippen molar-refractivity contribution in [1.82, 2.24) is 9.88 Å². The zero-order valence-corrected chi connectivity index (χ0v) is 12.8. The Morgan fingerprint density at radius 1 is 1.10 bits per heavy atom. The number of hydrogen-bond donors (Lipinski definition) is 0. The van der Waals surface area contributed by atoms with E-state index in [1.54, 1.807) is 12.1 Å². The second kappa shape index (κ2) is 5.90. The fourth-order valence-electron chi connectivity index (χ4n) is 3.63. The van der Waals surface area contributed by atoms with Crippen LogP contribution in [-0.4, -0.2) is 28.4 Å². The van der Waals surface area contributed by atoms with E-state index in [2.05, 4.69) is 4.98 Å². The second-order valence-corrected chi connectivity index (χ2v) is 6.53. The number of amides is 1. The van der Waals surface area contributed by atoms with Gasteiger partial charge in [-0.3, -0.25) is 4.79 Å². The number of carbonyl (C=O) groups is 1. The number of carbonyl (C=O) groups excluding carboxylic acids is 1. The molecule has 1 amide bonds. The molecule has 1 atom stereocenters. The first kappa shape index (κ1) is 14.2. The van der Waals surface area contributed by atoms with Gasteiger partial charge in [0.05, 0.1) is 0 Å². The predicted molar refractivity (Wildman–Crippen MR) is 80.3 cm³/mol. The molecule has 1 aliphatic heterocycles. The molecule has 1 aromatic rings. The van der Waals surface area contributed by atoms with Crippen LogP contribution >= 0.6 is 23.2 Å². The maximum atomic E-state index is 12.7. The number of likely N-dealkylation sites (tertiary alicyclic amines) is 1. The third-order valence-corrected chi connectivity index (χ3v) is 4.90. The van der Waals surface area contributed by atoms with Crippen LogP contribution in [0.15, 0.2) is 12.1 Å². The molecule has 1 saturated heterocycles. The standard InChI is InChI=1S/C15H18Cl2N2O/c16-13-8-11(9-14(17)18-13)15(20)19-7-3-6-12(19)10-4-1-2-5-10/h8-10,12H,1-7H2. The molecular weight excluding hydrogens is 295 g/mol. The highest BCUT2D eigenvalue weighted by molar-refractivity contribution is 6.33. The number of nitrogens with zero attached hydrogens (tertiary/aromatic N) is 2. The molecule has 1 aromatic heterocycles. The minimum atomic E-state index is 0.0469. The first-order valence-corrected chi connectivity index (χ1v) is 8.05. The number of hydrogen-bond acceptors (Lipinski definition) is 2. The third kappa shape index (κ3) is 2.79. The van der Waals surface area contributed by atoms with Gasteiger partial charge >= 0.3 is 0 Å². The monoisotopic (exact) mass is 312 g/mol. The van der Waals surface area contributed by atoms with Gasteiger partial charge in [0.15, 0.2) is 0 Å². The Balaban J connectivity index is 1.81. The maximum Gasteiger partial charge on any atom is 0.254 e. The highest BCUT2D eigenvalue weighted by Crippen LogP contribution is 2.36. The van der Waals surface area contributed by atoms with Crippen LogP contribution in [0.4, 0.5) is 0 Å². The zero-order chi connectivity index (χ0) is 14.1. The lowest BCUT2D eigenvalue weighted by atomic mass is 9.95. The van der Waals surface area contributed by atoms with Gasteiger partial charge in [0.2, 0.25) is 0 Å². The van der Waals surface area contributed by atoms with Crippen molar-refractivity contribution < 1.29 is 4.79 Å². The number of halogens is 2. The van der Waals surface area contributed by atoms with E-state index in [4.69, 9.17) is 23.2 Å². The summed E-state index contributed by atoms with van der Waals surface area (Å²) in [6.45, 7) is 0.845. The molecule has 3 rings (SSSR count). The summed E-state index contributed by atoms with van der Waals surface area (Å²) in [5, 5.41) is 0.551. The van der Waals surface area contributed by atoms with E-state index in [9.17, 15) is 4.79 Å². The summed E-state index contributed by atoms with van der Waals surface area (Å²) in [4.78, 5) is 18.6. The van der Waals surface area contributed by atoms with Gasteiger partial charge in [0.1, 0.15) is 10.3 Å². The first-order valence-electron chi connectivity index (χ1n) is 7.29. The van der Waals surface area contributed by atoms with Gasteiger partial charge in [-0.1, -0.05) is 36.0 Å². The highest BCUT2D eigenvalue weighted by Gasteiger charge is 2.36. The van der Waals surface area contributed by atoms with Crippen molar-refractivity contribution >= 4 is 29.1 Å². The summed E-state index contributed by atoms with van der Waals surface area (Å²) in [7, 11) is 0. The molecule has 3 nitrogen and oxygen atoms in total. The van der Waals surface area contributed by atoms with Crippen molar-refractivity contribution in [3.8, 4) is 0 Å². The molecule has 2 fully saturated rings. The summed E-state index contributed by atoms with van der Waals surface area (Å²) < 4.78 is 0. The molecule has 20 heavy (non-hydrogen) atoms. The largest absolute Gasteiger partial charge is 0.335 e. The minimum absolute atomic E-state index is 0.0469. The van der Waals surface area contributed by atoms with Gasteiger partial charge in [0, 0.05) is 18.2 Å². The van der Waals surface area contributed by atoms with Crippen molar-refractivity contribution in [2.45, 2.75) is 44.6 Å². The van der Waals surface area contributed by atoms with E-state index in [0.29, 0.717) is 17.5 Å². The van der Waals surface area contributed by atoms with Crippen molar-refractivity contribution in [2.24, 2.45) is 5.92 Å². The molecular formula is C15H18Cl2N2O. The highest BCUT2D eigenvalue weighted by atomic mass is 35.5. The molecule has 0 spiro atoms. The average Bonchev–Trinajstić information content (AvgIpc) is 3.07. The lowest BCUT2D eigenvalue weighted by molar-refractivity contribution is 0.0689. The molecule has 1 aliphatic carbocycles. The maximum absolute atomic E-state index is 12.7. The second-order valence-electron chi connectivity index (χ2n) is 5.75. The molecule has 0 radical (unpaired) electrons. The lowest BCUT2D eigenvalue weighted by Crippen LogP contribution is -2.39. The minimum Gasteiger partial charge on any atom is -0.335 e. The van der Waals surface area contributed by atoms with Crippen LogP contribution in [0.1, 0.15) is 48.9 Å². The van der Waals surface area contributed by atoms with Crippen LogP contribution in [0.3, 0.4) is 0 Å². The van der Waals surface area contributed by atoms with E-state index in [-0.39, 0.29) is 16.2 Å². The molecule has 2 aliphatic rings. The van der Waals surface area contributed by atoms with Gasteiger partial charge in [0.25, 0.3) is 5.91 Å². The van der Waals surface area contributed by atoms with Crippen LogP contribution < -0.4 is 0 Å². The van der Waals surface area contributed by atoms with Gasteiger partial charge in [-0.05, 0) is 43.7 Å². The van der Waals surface area contributed by atoms with Crippen LogP contribution in [0, 0.1) is 5.92 Å². The average molecular weight is 313 g/mol. The summed E-state index contributed by atoms with van der Waals surface area (Å²) in [5.74, 6) is 0.722. The Morgan fingerprint density at radius 3 is 2.40 bits per heavy atom. The summed E-state index contributed by atoms with van der Waals surface area (Å²) in [6.07, 6.45) is 7.34. The van der Waals surface area contributed by atoms with E-state index < -0.39 is 0 Å². The van der Waals surface area contributed by atoms with Gasteiger partial charge in [-0.2, -0.15) is 0 Å². The van der Waals surface area contributed by atoms with Crippen molar-refractivity contribution in [3.63, 3.8) is 0 Å². The molecule has 0 aromatic carbocycles. The van der Waals surface area contributed by atoms with Gasteiger partial charge < -0.3 is 4.90 Å². The summed E-state index contributed by atoms with van der Waals surface area (Å²) in [5.41, 5.74) is 0.555. The summed E-state index contributed by atoms with van der Waals surface area (Å²) >= 11 is 11.8. The quantitative estimate of drug-likeness (QED) is 0.767. The molecule has 2 heterocycles. The predicted octanol–water partition coefficient (Wildman–Crippen LogP) is 4.18. The molecule has 108 valence electrons. The summed E-state index contributed by atoms with van der Waals surface area (Å²) in [6, 6.07) is 3.62. The third-order valence-electron chi connectivity index (χ3n) is 4.51. The van der Waals surface area contributed by atoms with Gasteiger partial charge in [-0.25, -0.2) is 4.98 Å². The Kier molecular flexibility index (Phi) is 4.18. The molecule has 0 bridgehead atoms. The Bertz CT molecular complexity index is 494.